The van der Waals surface area contributed by atoms with Crippen LogP contribution in [0.15, 0.2) is 53.9 Å². The van der Waals surface area contributed by atoms with Gasteiger partial charge in [0.2, 0.25) is 12.4 Å². The number of carbonyl (C=O) groups excluding carboxylic acids is 1. The Morgan fingerprint density at radius 1 is 1.08 bits per heavy atom. The van der Waals surface area contributed by atoms with Crippen LogP contribution < -0.4 is 9.78 Å². The van der Waals surface area contributed by atoms with E-state index in [0.717, 1.165) is 5.56 Å². The molecule has 0 aliphatic carbocycles. The van der Waals surface area contributed by atoms with Crippen LogP contribution in [0.5, 0.6) is 0 Å². The molecule has 1 amide bonds. The number of aromatic nitrogens is 1. The summed E-state index contributed by atoms with van der Waals surface area (Å²) in [5.41, 5.74) is 2.22. The number of rotatable bonds is 5. The monoisotopic (exact) mass is 353 g/mol. The van der Waals surface area contributed by atoms with Crippen LogP contribution in [0, 0.1) is 0 Å². The predicted octanol–water partition coefficient (Wildman–Crippen LogP) is 2.32. The molecule has 2 rings (SSSR count). The molecule has 0 unspecified atom stereocenters. The lowest BCUT2D eigenvalue weighted by Gasteiger charge is -2.19. The van der Waals surface area contributed by atoms with Crippen molar-refractivity contribution in [2.75, 3.05) is 13.1 Å². The highest BCUT2D eigenvalue weighted by Crippen LogP contribution is 2.22. The van der Waals surface area contributed by atoms with Crippen molar-refractivity contribution in [2.45, 2.75) is 40.0 Å². The SMILES string of the molecule is CCN(CC)C(=O)c1ccc[n+](/N=C(\[O-])c2ccc(C(C)(C)C)cc2)c1. The molecule has 0 N–H and O–H groups in total. The molecule has 0 radical (unpaired) electrons. The van der Waals surface area contributed by atoms with Gasteiger partial charge in [0.05, 0.1) is 5.90 Å². The highest BCUT2D eigenvalue weighted by atomic mass is 16.3. The van der Waals surface area contributed by atoms with Crippen molar-refractivity contribution in [1.82, 2.24) is 4.90 Å². The first-order valence-corrected chi connectivity index (χ1v) is 8.93. The second-order valence-corrected chi connectivity index (χ2v) is 7.18. The fraction of sp³-hybridized carbons (Fsp3) is 0.381. The Hall–Kier alpha value is -2.69. The van der Waals surface area contributed by atoms with Crippen molar-refractivity contribution in [3.05, 3.63) is 65.5 Å². The van der Waals surface area contributed by atoms with Crippen LogP contribution in [0.3, 0.4) is 0 Å². The van der Waals surface area contributed by atoms with Crippen LogP contribution in [0.4, 0.5) is 0 Å². The van der Waals surface area contributed by atoms with Gasteiger partial charge in [-0.3, -0.25) is 4.79 Å². The zero-order valence-electron chi connectivity index (χ0n) is 16.2. The first-order valence-electron chi connectivity index (χ1n) is 8.93. The molecule has 0 aliphatic heterocycles. The first-order chi connectivity index (χ1) is 12.3. The highest BCUT2D eigenvalue weighted by Gasteiger charge is 2.16. The molecular weight excluding hydrogens is 326 g/mol. The Morgan fingerprint density at radius 2 is 1.69 bits per heavy atom. The van der Waals surface area contributed by atoms with Crippen molar-refractivity contribution in [3.63, 3.8) is 0 Å². The molecule has 1 heterocycles. The van der Waals surface area contributed by atoms with Crippen LogP contribution in [0.25, 0.3) is 0 Å². The summed E-state index contributed by atoms with van der Waals surface area (Å²) in [6, 6.07) is 10.9. The van der Waals surface area contributed by atoms with Crippen molar-refractivity contribution in [2.24, 2.45) is 5.10 Å². The summed E-state index contributed by atoms with van der Waals surface area (Å²) in [7, 11) is 0. The quantitative estimate of drug-likeness (QED) is 0.470. The fourth-order valence-corrected chi connectivity index (χ4v) is 2.62. The van der Waals surface area contributed by atoms with Gasteiger partial charge in [0.25, 0.3) is 5.91 Å². The topological polar surface area (TPSA) is 59.6 Å². The number of benzene rings is 1. The maximum absolute atomic E-state index is 12.4. The molecule has 5 heteroatoms. The van der Waals surface area contributed by atoms with E-state index >= 15 is 0 Å². The molecule has 0 aliphatic rings. The fourth-order valence-electron chi connectivity index (χ4n) is 2.62. The molecule has 1 aromatic carbocycles. The van der Waals surface area contributed by atoms with Crippen molar-refractivity contribution < 1.29 is 14.6 Å². The summed E-state index contributed by atoms with van der Waals surface area (Å²) >= 11 is 0. The second-order valence-electron chi connectivity index (χ2n) is 7.18. The smallest absolute Gasteiger partial charge is 0.260 e. The average molecular weight is 353 g/mol. The Labute approximate surface area is 155 Å². The number of amides is 1. The predicted molar refractivity (Wildman–Crippen MR) is 101 cm³/mol. The largest absolute Gasteiger partial charge is 0.854 e. The van der Waals surface area contributed by atoms with Crippen molar-refractivity contribution in [3.8, 4) is 0 Å². The molecule has 0 saturated heterocycles. The van der Waals surface area contributed by atoms with E-state index in [4.69, 9.17) is 0 Å². The summed E-state index contributed by atoms with van der Waals surface area (Å²) in [6.45, 7) is 11.5. The van der Waals surface area contributed by atoms with Gasteiger partial charge in [-0.2, -0.15) is 0 Å². The summed E-state index contributed by atoms with van der Waals surface area (Å²) in [5.74, 6) is -0.413. The van der Waals surface area contributed by atoms with Gasteiger partial charge in [-0.15, -0.1) is 0 Å². The molecule has 0 spiro atoms. The molecule has 26 heavy (non-hydrogen) atoms. The lowest BCUT2D eigenvalue weighted by molar-refractivity contribution is -0.681. The Bertz CT molecular complexity index is 786. The van der Waals surface area contributed by atoms with Gasteiger partial charge in [-0.05, 0) is 41.6 Å². The maximum atomic E-state index is 12.4. The number of hydrogen-bond acceptors (Lipinski definition) is 3. The van der Waals surface area contributed by atoms with Crippen molar-refractivity contribution >= 4 is 11.8 Å². The zero-order chi connectivity index (χ0) is 19.3. The van der Waals surface area contributed by atoms with E-state index in [0.29, 0.717) is 24.2 Å². The average Bonchev–Trinajstić information content (AvgIpc) is 2.62. The highest BCUT2D eigenvalue weighted by molar-refractivity contribution is 5.93. The van der Waals surface area contributed by atoms with Gasteiger partial charge in [0.15, 0.2) is 0 Å². The van der Waals surface area contributed by atoms with Crippen LogP contribution in [0.1, 0.15) is 56.1 Å². The molecule has 1 aromatic heterocycles. The Balaban J connectivity index is 2.26. The lowest BCUT2D eigenvalue weighted by Crippen LogP contribution is -2.36. The van der Waals surface area contributed by atoms with E-state index in [-0.39, 0.29) is 17.2 Å². The van der Waals surface area contributed by atoms with Gasteiger partial charge in [-0.25, -0.2) is 0 Å². The number of pyridine rings is 1. The summed E-state index contributed by atoms with van der Waals surface area (Å²) in [4.78, 5) is 14.2. The molecule has 5 nitrogen and oxygen atoms in total. The third-order valence-electron chi connectivity index (χ3n) is 4.29. The molecule has 2 aromatic rings. The van der Waals surface area contributed by atoms with Gasteiger partial charge in [0, 0.05) is 19.2 Å². The molecular formula is C21H27N3O2. The summed E-state index contributed by atoms with van der Waals surface area (Å²) < 4.78 is 1.40. The Morgan fingerprint density at radius 3 is 2.23 bits per heavy atom. The van der Waals surface area contributed by atoms with Crippen LogP contribution >= 0.6 is 0 Å². The van der Waals surface area contributed by atoms with E-state index in [1.807, 2.05) is 26.0 Å². The molecule has 0 fully saturated rings. The number of carbonyl (C=O) groups is 1. The van der Waals surface area contributed by atoms with Crippen molar-refractivity contribution in [1.29, 1.82) is 0 Å². The second kappa shape index (κ2) is 8.13. The summed E-state index contributed by atoms with van der Waals surface area (Å²) in [5, 5.41) is 16.5. The normalized spacial score (nSPS) is 12.1. The standard InChI is InChI=1S/C21H27N3O2/c1-6-23(7-2)20(26)17-9-8-14-24(15-17)22-19(25)16-10-12-18(13-11-16)21(3,4)5/h8-15H,6-7H2,1-5H3. The number of hydrogen-bond donors (Lipinski definition) is 0. The van der Waals surface area contributed by atoms with E-state index < -0.39 is 0 Å². The number of nitrogens with zero attached hydrogens (tertiary/aromatic N) is 3. The van der Waals surface area contributed by atoms with Crippen LogP contribution in [-0.2, 0) is 5.41 Å². The first kappa shape index (κ1) is 19.6. The van der Waals surface area contributed by atoms with Gasteiger partial charge in [-0.1, -0.05) is 49.7 Å². The minimum atomic E-state index is -0.345. The van der Waals surface area contributed by atoms with Crippen LogP contribution in [-0.4, -0.2) is 29.8 Å². The van der Waals surface area contributed by atoms with E-state index in [1.54, 1.807) is 41.6 Å². The third kappa shape index (κ3) is 4.69. The molecule has 0 atom stereocenters. The minimum Gasteiger partial charge on any atom is -0.854 e. The van der Waals surface area contributed by atoms with Gasteiger partial charge < -0.3 is 10.0 Å². The van der Waals surface area contributed by atoms with Gasteiger partial charge >= 0.3 is 0 Å². The van der Waals surface area contributed by atoms with Crippen LogP contribution in [0.2, 0.25) is 0 Å². The molecule has 0 bridgehead atoms. The van der Waals surface area contributed by atoms with E-state index in [1.165, 1.54) is 4.68 Å². The Kier molecular flexibility index (Phi) is 6.14. The molecule has 138 valence electrons. The minimum absolute atomic E-state index is 0.0343. The van der Waals surface area contributed by atoms with E-state index in [9.17, 15) is 9.90 Å². The third-order valence-corrected chi connectivity index (χ3v) is 4.29. The van der Waals surface area contributed by atoms with E-state index in [2.05, 4.69) is 25.9 Å². The maximum Gasteiger partial charge on any atom is 0.260 e. The zero-order valence-corrected chi connectivity index (χ0v) is 16.2. The molecule has 0 saturated carbocycles. The lowest BCUT2D eigenvalue weighted by atomic mass is 9.87. The van der Waals surface area contributed by atoms with Gasteiger partial charge in [0.1, 0.15) is 5.56 Å². The summed E-state index contributed by atoms with van der Waals surface area (Å²) in [6.07, 6.45) is 3.24.